The summed E-state index contributed by atoms with van der Waals surface area (Å²) in [6.07, 6.45) is 0. The predicted octanol–water partition coefficient (Wildman–Crippen LogP) is 11.8. The number of rotatable bonds is 6. The fourth-order valence-corrected chi connectivity index (χ4v) is 6.40. The van der Waals surface area contributed by atoms with Crippen LogP contribution in [0.4, 0.5) is 11.4 Å². The Morgan fingerprint density at radius 2 is 0.778 bits per heavy atom. The van der Waals surface area contributed by atoms with Crippen molar-refractivity contribution < 1.29 is 22.4 Å². The number of para-hydroxylation sites is 4. The fraction of sp³-hybridized carbons (Fsp3) is 0.341. The Kier molecular flexibility index (Phi) is 11.1. The molecule has 0 bridgehead atoms. The number of nitrogens with zero attached hydrogens (tertiary/aromatic N) is 3. The molecule has 1 aromatic heterocycles. The van der Waals surface area contributed by atoms with Gasteiger partial charge in [-0.15, -0.1) is 17.7 Å². The minimum atomic E-state index is 0. The molecule has 0 amide bonds. The summed E-state index contributed by atoms with van der Waals surface area (Å²) in [6, 6.07) is 30.1. The maximum Gasteiger partial charge on any atom is 0.0197 e. The van der Waals surface area contributed by atoms with Gasteiger partial charge in [0.05, 0.1) is 0 Å². The molecule has 0 fully saturated rings. The second-order valence-electron chi connectivity index (χ2n) is 13.4. The molecule has 1 aliphatic rings. The van der Waals surface area contributed by atoms with Gasteiger partial charge in [-0.05, 0) is 70.5 Å². The molecule has 45 heavy (non-hydrogen) atoms. The Hall–Kier alpha value is -3.24. The summed E-state index contributed by atoms with van der Waals surface area (Å²) in [5.41, 5.74) is 13.2. The van der Waals surface area contributed by atoms with E-state index in [9.17, 15) is 0 Å². The number of allylic oxidation sites excluding steroid dienone is 2. The third kappa shape index (κ3) is 6.82. The van der Waals surface area contributed by atoms with Crippen LogP contribution >= 0.6 is 0 Å². The van der Waals surface area contributed by atoms with E-state index in [0.717, 1.165) is 11.0 Å². The number of anilines is 2. The standard InChI is InChI=1S/C29H41N2.C12H8N.Au/c1-18(2)24-13-11-14-25(19(3)4)28(24)30-17-31(23(10)22(30)9)29-26(20(5)6)15-12-16-27(29)21(7)8;1-3-7-11-9(5-1)10-6-2-4-8-12(10)13-11;/h11-21H,1-10H3;1-8H;/q2*-1;. The molecule has 3 nitrogen and oxygen atoms in total. The summed E-state index contributed by atoms with van der Waals surface area (Å²) >= 11 is 0. The summed E-state index contributed by atoms with van der Waals surface area (Å²) in [7, 11) is 0. The van der Waals surface area contributed by atoms with Crippen molar-refractivity contribution in [3.8, 4) is 0 Å². The average Bonchev–Trinajstić information content (AvgIpc) is 3.53. The second-order valence-corrected chi connectivity index (χ2v) is 13.4. The van der Waals surface area contributed by atoms with E-state index in [4.69, 9.17) is 0 Å². The first kappa shape index (κ1) is 34.6. The van der Waals surface area contributed by atoms with Crippen LogP contribution in [0.15, 0.2) is 96.3 Å². The van der Waals surface area contributed by atoms with Crippen LogP contribution in [-0.2, 0) is 22.4 Å². The quantitative estimate of drug-likeness (QED) is 0.126. The van der Waals surface area contributed by atoms with Crippen molar-refractivity contribution in [1.29, 1.82) is 0 Å². The molecule has 0 N–H and O–H groups in total. The van der Waals surface area contributed by atoms with Crippen LogP contribution < -0.4 is 14.8 Å². The van der Waals surface area contributed by atoms with Crippen molar-refractivity contribution in [2.75, 3.05) is 9.80 Å². The summed E-state index contributed by atoms with van der Waals surface area (Å²) in [4.78, 5) is 9.41. The molecular formula is C41H49AuN3-2. The van der Waals surface area contributed by atoms with Gasteiger partial charge in [0.25, 0.3) is 0 Å². The van der Waals surface area contributed by atoms with Crippen molar-refractivity contribution in [2.45, 2.75) is 92.9 Å². The molecule has 0 aliphatic carbocycles. The monoisotopic (exact) mass is 780 g/mol. The number of aromatic nitrogens is 1. The van der Waals surface area contributed by atoms with Crippen molar-refractivity contribution >= 4 is 33.2 Å². The van der Waals surface area contributed by atoms with Crippen molar-refractivity contribution in [2.24, 2.45) is 0 Å². The zero-order valence-electron chi connectivity index (χ0n) is 28.6. The van der Waals surface area contributed by atoms with E-state index in [0.29, 0.717) is 23.7 Å². The van der Waals surface area contributed by atoms with E-state index >= 15 is 0 Å². The van der Waals surface area contributed by atoms with E-state index in [1.807, 2.05) is 12.1 Å². The van der Waals surface area contributed by atoms with Crippen LogP contribution in [0.25, 0.3) is 21.8 Å². The first-order valence-electron chi connectivity index (χ1n) is 16.3. The van der Waals surface area contributed by atoms with Gasteiger partial charge >= 0.3 is 0 Å². The Morgan fingerprint density at radius 1 is 0.467 bits per heavy atom. The Balaban J connectivity index is 0.000000271. The number of hydrogen-bond acceptors (Lipinski definition) is 2. The van der Waals surface area contributed by atoms with E-state index in [-0.39, 0.29) is 22.4 Å². The largest absolute Gasteiger partial charge is 0.657 e. The molecule has 6 rings (SSSR count). The van der Waals surface area contributed by atoms with E-state index < -0.39 is 0 Å². The molecule has 0 spiro atoms. The molecule has 5 aromatic rings. The van der Waals surface area contributed by atoms with Crippen LogP contribution in [0, 0.1) is 6.67 Å². The van der Waals surface area contributed by atoms with Crippen molar-refractivity contribution in [1.82, 2.24) is 4.98 Å². The summed E-state index contributed by atoms with van der Waals surface area (Å²) in [5, 5.41) is 2.50. The molecule has 4 aromatic carbocycles. The van der Waals surface area contributed by atoms with Gasteiger partial charge in [0.1, 0.15) is 0 Å². The molecule has 4 heteroatoms. The zero-order chi connectivity index (χ0) is 31.7. The van der Waals surface area contributed by atoms with E-state index in [1.54, 1.807) is 0 Å². The van der Waals surface area contributed by atoms with Gasteiger partial charge in [-0.1, -0.05) is 140 Å². The van der Waals surface area contributed by atoms with Crippen LogP contribution in [0.5, 0.6) is 0 Å². The Bertz CT molecular complexity index is 1610. The van der Waals surface area contributed by atoms with Crippen LogP contribution in [0.1, 0.15) is 115 Å². The summed E-state index contributed by atoms with van der Waals surface area (Å²) in [5.74, 6) is 1.88. The zero-order valence-corrected chi connectivity index (χ0v) is 30.8. The molecule has 0 saturated heterocycles. The van der Waals surface area contributed by atoms with Crippen LogP contribution in [0.3, 0.4) is 0 Å². The maximum atomic E-state index is 4.52. The fourth-order valence-electron chi connectivity index (χ4n) is 6.40. The van der Waals surface area contributed by atoms with Gasteiger partial charge in [-0.3, -0.25) is 0 Å². The molecule has 1 aliphatic heterocycles. The normalized spacial score (nSPS) is 13.5. The van der Waals surface area contributed by atoms with Gasteiger partial charge < -0.3 is 14.8 Å². The maximum absolute atomic E-state index is 4.52. The third-order valence-electron chi connectivity index (χ3n) is 8.98. The first-order chi connectivity index (χ1) is 21.0. The molecule has 0 atom stereocenters. The summed E-state index contributed by atoms with van der Waals surface area (Å²) in [6.45, 7) is 25.3. The Labute approximate surface area is 287 Å². The SMILES string of the molecule is CC1=C(C)N(c2c(C(C)C)cccc2C(C)C)[CH-]N1c1c(C(C)C)cccc1C(C)C.[Au].c1ccc2c(c1)[n-]c1ccccc12. The van der Waals surface area contributed by atoms with Crippen molar-refractivity contribution in [3.63, 3.8) is 0 Å². The van der Waals surface area contributed by atoms with Crippen molar-refractivity contribution in [3.05, 3.63) is 125 Å². The smallest absolute Gasteiger partial charge is 0.0197 e. The Morgan fingerprint density at radius 3 is 1.09 bits per heavy atom. The molecule has 0 saturated carbocycles. The molecule has 1 radical (unpaired) electrons. The number of benzene rings is 4. The van der Waals surface area contributed by atoms with Crippen LogP contribution in [0.2, 0.25) is 0 Å². The molecule has 2 heterocycles. The molecule has 0 unspecified atom stereocenters. The van der Waals surface area contributed by atoms with Gasteiger partial charge in [0.15, 0.2) is 0 Å². The minimum Gasteiger partial charge on any atom is -0.657 e. The van der Waals surface area contributed by atoms with Gasteiger partial charge in [0.2, 0.25) is 0 Å². The van der Waals surface area contributed by atoms with Gasteiger partial charge in [-0.25, -0.2) is 0 Å². The number of fused-ring (bicyclic) bond motifs is 3. The topological polar surface area (TPSA) is 20.6 Å². The number of hydrogen-bond donors (Lipinski definition) is 0. The first-order valence-corrected chi connectivity index (χ1v) is 16.3. The second kappa shape index (κ2) is 14.5. The third-order valence-corrected chi connectivity index (χ3v) is 8.98. The van der Waals surface area contributed by atoms with Crippen LogP contribution in [-0.4, -0.2) is 0 Å². The van der Waals surface area contributed by atoms with Gasteiger partial charge in [-0.2, -0.15) is 0 Å². The molecular weight excluding hydrogens is 731 g/mol. The predicted molar refractivity (Wildman–Crippen MR) is 192 cm³/mol. The van der Waals surface area contributed by atoms with Gasteiger partial charge in [0, 0.05) is 45.1 Å². The summed E-state index contributed by atoms with van der Waals surface area (Å²) < 4.78 is 0. The van der Waals surface area contributed by atoms with E-state index in [2.05, 4.69) is 163 Å². The molecule has 241 valence electrons. The average molecular weight is 781 g/mol. The minimum absolute atomic E-state index is 0. The van der Waals surface area contributed by atoms with E-state index in [1.165, 1.54) is 55.8 Å².